The molecule has 514 valence electrons. The monoisotopic (exact) mass is 1360 g/mol. The Morgan fingerprint density at radius 3 is 0.806 bits per heavy atom. The minimum atomic E-state index is -4.62. The summed E-state index contributed by atoms with van der Waals surface area (Å²) < 4.78 is 103. The number of nitrogens with one attached hydrogen (secondary N) is 11. The van der Waals surface area contributed by atoms with Crippen LogP contribution in [-0.2, 0) is 22.2 Å². The van der Waals surface area contributed by atoms with Gasteiger partial charge >= 0.3 is 12.4 Å². The van der Waals surface area contributed by atoms with Gasteiger partial charge in [-0.05, 0) is 241 Å². The lowest BCUT2D eigenvalue weighted by Crippen LogP contribution is -2.11. The molecule has 15 nitrogen and oxygen atoms in total. The van der Waals surface area contributed by atoms with Crippen LogP contribution in [0.2, 0.25) is 0 Å². The zero-order valence-electron chi connectivity index (χ0n) is 56.6. The van der Waals surface area contributed by atoms with Gasteiger partial charge in [-0.1, -0.05) is 24.3 Å². The maximum atomic E-state index is 13.1. The molecular weight excluding hydrogens is 1280 g/mol. The van der Waals surface area contributed by atoms with Gasteiger partial charge in [0.05, 0.1) is 20.9 Å². The van der Waals surface area contributed by atoms with Gasteiger partial charge in [0.2, 0.25) is 9.84 Å². The number of ketones is 1. The van der Waals surface area contributed by atoms with Gasteiger partial charge in [0, 0.05) is 150 Å². The molecule has 11 N–H and O–H groups in total. The molecule has 0 aromatic heterocycles. The molecule has 0 heterocycles. The lowest BCUT2D eigenvalue weighted by molar-refractivity contribution is -0.137. The summed E-state index contributed by atoms with van der Waals surface area (Å²) in [6, 6.07) is 63.0. The standard InChI is InChI=1S/C16H14F6N2.C16H20N2.C15H17N3O.C15H16N2O.C14H16N2O2S/c1-23-13-5-3-9(7-11(13)15(17,18)19)10-4-6-14(24-2)12(8-10)16(20,21)22;1-11-9-13(5-7-15(11)17-3)14-6-8-16(18-4)12(2)10-14;1-16-12-5-3-11(4-6-12)15(19)18-14-9-7-13(17-2)8-10-14;1-16-13-7-3-11(4-8-13)15(18)12-5-9-14(17-2)10-6-12;1-15-11-3-7-13(8-4-11)19(17,18)14-9-5-12(16-2)6-10-14/h3-8,23-24H,1-2H3;5-10,17-18H,1-4H3;3-10,16-17H,1-2H3,(H,18,19);3-10,16-17H,1-2H3;3-10,15-16H,1-2H3. The van der Waals surface area contributed by atoms with Crippen molar-refractivity contribution >= 4 is 84.1 Å². The van der Waals surface area contributed by atoms with E-state index < -0.39 is 33.3 Å². The van der Waals surface area contributed by atoms with Crippen LogP contribution in [0.15, 0.2) is 228 Å². The molecule has 10 rings (SSSR count). The normalized spacial score (nSPS) is 10.7. The van der Waals surface area contributed by atoms with Crippen LogP contribution in [0.1, 0.15) is 48.5 Å². The number of anilines is 11. The van der Waals surface area contributed by atoms with Gasteiger partial charge in [-0.3, -0.25) is 9.59 Å². The summed E-state index contributed by atoms with van der Waals surface area (Å²) in [5, 5.41) is 32.1. The average molecular weight is 1360 g/mol. The number of carbonyl (C=O) groups is 2. The fraction of sp³-hybridized carbons (Fsp3) is 0.184. The molecule has 0 aliphatic rings. The number of amides is 1. The number of rotatable bonds is 18. The van der Waals surface area contributed by atoms with E-state index in [1.807, 2.05) is 127 Å². The predicted molar refractivity (Wildman–Crippen MR) is 394 cm³/mol. The van der Waals surface area contributed by atoms with E-state index in [0.29, 0.717) is 26.5 Å². The molecule has 0 aliphatic heterocycles. The van der Waals surface area contributed by atoms with Gasteiger partial charge in [-0.25, -0.2) is 8.42 Å². The van der Waals surface area contributed by atoms with Gasteiger partial charge in [0.25, 0.3) is 5.91 Å². The van der Waals surface area contributed by atoms with Crippen LogP contribution in [0.3, 0.4) is 0 Å². The number of sulfone groups is 1. The quantitative estimate of drug-likeness (QED) is 0.0286. The topological polar surface area (TPSA) is 201 Å². The highest BCUT2D eigenvalue weighted by molar-refractivity contribution is 7.91. The van der Waals surface area contributed by atoms with Crippen molar-refractivity contribution in [2.45, 2.75) is 36.0 Å². The van der Waals surface area contributed by atoms with E-state index in [1.165, 1.54) is 72.0 Å². The third kappa shape index (κ3) is 20.9. The number of carbonyl (C=O) groups excluding carboxylic acids is 2. The molecule has 10 aromatic carbocycles. The lowest BCUT2D eigenvalue weighted by Gasteiger charge is -2.16. The second-order valence-electron chi connectivity index (χ2n) is 21.7. The van der Waals surface area contributed by atoms with Gasteiger partial charge in [-0.2, -0.15) is 26.3 Å². The summed E-state index contributed by atoms with van der Waals surface area (Å²) in [5.74, 6) is -0.0693. The highest BCUT2D eigenvalue weighted by Crippen LogP contribution is 2.41. The fourth-order valence-corrected chi connectivity index (χ4v) is 11.1. The molecular formula is C76H83F6N11O4S. The largest absolute Gasteiger partial charge is 0.418 e. The van der Waals surface area contributed by atoms with Crippen LogP contribution in [0.5, 0.6) is 0 Å². The predicted octanol–water partition coefficient (Wildman–Crippen LogP) is 18.2. The Balaban J connectivity index is 0.000000194. The second-order valence-corrected chi connectivity index (χ2v) is 23.7. The molecule has 1 amide bonds. The molecule has 98 heavy (non-hydrogen) atoms. The van der Waals surface area contributed by atoms with Crippen LogP contribution in [0, 0.1) is 13.8 Å². The van der Waals surface area contributed by atoms with Crippen LogP contribution < -0.4 is 58.5 Å². The van der Waals surface area contributed by atoms with Crippen molar-refractivity contribution in [3.8, 4) is 22.3 Å². The first kappa shape index (κ1) is 75.9. The third-order valence-electron chi connectivity index (χ3n) is 15.5. The SMILES string of the molecule is CNc1ccc(-c2ccc(NC)c(C(F)(F)F)c2)cc1C(F)(F)F.CNc1ccc(-c2ccc(NC)c(C)c2)cc1C.CNc1ccc(C(=O)c2ccc(NC)cc2)cc1.CNc1ccc(NC(=O)c2ccc(NC)cc2)cc1.CNc1ccc(S(=O)(=O)c2ccc(NC)cc2)cc1. The summed E-state index contributed by atoms with van der Waals surface area (Å²) >= 11 is 0. The molecule has 0 aliphatic carbocycles. The Morgan fingerprint density at radius 1 is 0.296 bits per heavy atom. The number of hydrogen-bond acceptors (Lipinski definition) is 14. The van der Waals surface area contributed by atoms with Crippen LogP contribution in [0.4, 0.5) is 88.9 Å². The molecule has 0 saturated heterocycles. The summed E-state index contributed by atoms with van der Waals surface area (Å²) in [6.07, 6.45) is -9.24. The van der Waals surface area contributed by atoms with Crippen molar-refractivity contribution < 1.29 is 44.3 Å². The first-order valence-corrected chi connectivity index (χ1v) is 32.4. The smallest absolute Gasteiger partial charge is 0.388 e. The Kier molecular flexibility index (Phi) is 27.5. The van der Waals surface area contributed by atoms with Crippen LogP contribution >= 0.6 is 0 Å². The van der Waals surface area contributed by atoms with Crippen molar-refractivity contribution in [2.75, 3.05) is 129 Å². The molecule has 0 spiro atoms. The summed E-state index contributed by atoms with van der Waals surface area (Å²) in [7, 11) is 14.1. The van der Waals surface area contributed by atoms with Crippen molar-refractivity contribution in [2.24, 2.45) is 0 Å². The lowest BCUT2D eigenvalue weighted by atomic mass is 9.98. The molecule has 0 bridgehead atoms. The Labute approximate surface area is 570 Å². The highest BCUT2D eigenvalue weighted by Gasteiger charge is 2.36. The molecule has 0 fully saturated rings. The highest BCUT2D eigenvalue weighted by atomic mass is 32.2. The summed E-state index contributed by atoms with van der Waals surface area (Å²) in [5.41, 5.74) is 13.9. The van der Waals surface area contributed by atoms with Gasteiger partial charge < -0.3 is 58.5 Å². The molecule has 0 saturated carbocycles. The van der Waals surface area contributed by atoms with E-state index in [9.17, 15) is 44.3 Å². The first-order chi connectivity index (χ1) is 46.8. The first-order valence-electron chi connectivity index (χ1n) is 30.9. The minimum Gasteiger partial charge on any atom is -0.388 e. The minimum absolute atomic E-state index is 0.0420. The average Bonchev–Trinajstić information content (AvgIpc) is 0.800. The van der Waals surface area contributed by atoms with Crippen LogP contribution in [-0.4, -0.2) is 90.6 Å². The van der Waals surface area contributed by atoms with E-state index in [0.717, 1.165) is 51.9 Å². The molecule has 10 aromatic rings. The maximum Gasteiger partial charge on any atom is 0.418 e. The van der Waals surface area contributed by atoms with E-state index in [1.54, 1.807) is 74.8 Å². The van der Waals surface area contributed by atoms with Crippen molar-refractivity contribution in [3.63, 3.8) is 0 Å². The number of benzene rings is 10. The Bertz CT molecular complexity index is 4110. The molecule has 22 heteroatoms. The third-order valence-corrected chi connectivity index (χ3v) is 17.3. The van der Waals surface area contributed by atoms with Crippen LogP contribution in [0.25, 0.3) is 22.3 Å². The van der Waals surface area contributed by atoms with Gasteiger partial charge in [0.15, 0.2) is 5.78 Å². The number of hydrogen-bond donors (Lipinski definition) is 11. The zero-order valence-corrected chi connectivity index (χ0v) is 57.4. The van der Waals surface area contributed by atoms with Crippen molar-refractivity contribution in [1.29, 1.82) is 0 Å². The zero-order chi connectivity index (χ0) is 71.7. The number of alkyl halides is 6. The Morgan fingerprint density at radius 2 is 0.541 bits per heavy atom. The van der Waals surface area contributed by atoms with E-state index >= 15 is 0 Å². The Hall–Kier alpha value is -11.1. The summed E-state index contributed by atoms with van der Waals surface area (Å²) in [6.45, 7) is 4.26. The second kappa shape index (κ2) is 35.6. The number of halogens is 6. The van der Waals surface area contributed by atoms with E-state index in [4.69, 9.17) is 0 Å². The summed E-state index contributed by atoms with van der Waals surface area (Å²) in [4.78, 5) is 24.8. The van der Waals surface area contributed by atoms with Gasteiger partial charge in [0.1, 0.15) is 0 Å². The van der Waals surface area contributed by atoms with Crippen molar-refractivity contribution in [3.05, 3.63) is 257 Å². The molecule has 0 unspecified atom stereocenters. The molecule has 0 atom stereocenters. The maximum absolute atomic E-state index is 13.1. The van der Waals surface area contributed by atoms with E-state index in [2.05, 4.69) is 109 Å². The van der Waals surface area contributed by atoms with Gasteiger partial charge in [-0.15, -0.1) is 0 Å². The van der Waals surface area contributed by atoms with E-state index in [-0.39, 0.29) is 34.2 Å². The number of aryl methyl sites for hydroxylation is 2. The molecule has 0 radical (unpaired) electrons. The van der Waals surface area contributed by atoms with Crippen molar-refractivity contribution in [1.82, 2.24) is 0 Å². The fourth-order valence-electron chi connectivity index (χ4n) is 9.79.